The first-order chi connectivity index (χ1) is 10.6. The highest BCUT2D eigenvalue weighted by Crippen LogP contribution is 2.21. The number of nitrogens with zero attached hydrogens (tertiary/aromatic N) is 1. The van der Waals surface area contributed by atoms with Gasteiger partial charge < -0.3 is 15.6 Å². The number of anilines is 1. The van der Waals surface area contributed by atoms with Crippen LogP contribution in [0.25, 0.3) is 11.0 Å². The van der Waals surface area contributed by atoms with Gasteiger partial charge in [0.2, 0.25) is 0 Å². The minimum Gasteiger partial charge on any atom is -0.380 e. The molecular weight excluding hydrogens is 346 g/mol. The molecule has 1 amide bonds. The number of carbonyl (C=O) groups is 1. The average Bonchev–Trinajstić information content (AvgIpc) is 2.89. The summed E-state index contributed by atoms with van der Waals surface area (Å²) >= 11 is 3.34. The van der Waals surface area contributed by atoms with Gasteiger partial charge in [0.05, 0.1) is 5.39 Å². The summed E-state index contributed by atoms with van der Waals surface area (Å²) in [7, 11) is 0. The van der Waals surface area contributed by atoms with Crippen molar-refractivity contribution in [3.8, 4) is 0 Å². The highest BCUT2D eigenvalue weighted by molar-refractivity contribution is 9.10. The number of hydrogen-bond acceptors (Lipinski definition) is 4. The van der Waals surface area contributed by atoms with E-state index in [0.717, 1.165) is 15.4 Å². The maximum atomic E-state index is 12.0. The van der Waals surface area contributed by atoms with Gasteiger partial charge >= 0.3 is 0 Å². The lowest BCUT2D eigenvalue weighted by atomic mass is 10.1. The van der Waals surface area contributed by atoms with Crippen LogP contribution in [0.5, 0.6) is 0 Å². The standard InChI is InChI=1S/C16H14BrN3O2/c17-12-4-2-11(3-5-12)16(21)19-8-7-10-1-6-13-14(9-10)22-20-15(13)18/h1-6,9H,7-8H2,(H2,18,20)(H,19,21). The minimum atomic E-state index is -0.0857. The molecule has 0 saturated heterocycles. The molecule has 1 aromatic heterocycles. The van der Waals surface area contributed by atoms with E-state index in [2.05, 4.69) is 26.4 Å². The summed E-state index contributed by atoms with van der Waals surface area (Å²) in [5.41, 5.74) is 8.03. The Bertz CT molecular complexity index is 812. The number of aromatic nitrogens is 1. The summed E-state index contributed by atoms with van der Waals surface area (Å²) in [6.07, 6.45) is 0.707. The normalized spacial score (nSPS) is 10.8. The predicted molar refractivity (Wildman–Crippen MR) is 88.6 cm³/mol. The Morgan fingerprint density at radius 2 is 2.00 bits per heavy atom. The molecule has 5 nitrogen and oxygen atoms in total. The number of benzene rings is 2. The number of fused-ring (bicyclic) bond motifs is 1. The Morgan fingerprint density at radius 1 is 1.23 bits per heavy atom. The summed E-state index contributed by atoms with van der Waals surface area (Å²) in [6, 6.07) is 13.0. The predicted octanol–water partition coefficient (Wildman–Crippen LogP) is 3.15. The molecule has 3 N–H and O–H groups in total. The Morgan fingerprint density at radius 3 is 2.77 bits per heavy atom. The third-order valence-electron chi connectivity index (χ3n) is 3.37. The number of nitrogens with two attached hydrogens (primary N) is 1. The Labute approximate surface area is 135 Å². The molecule has 0 saturated carbocycles. The smallest absolute Gasteiger partial charge is 0.251 e. The maximum Gasteiger partial charge on any atom is 0.251 e. The van der Waals surface area contributed by atoms with Crippen LogP contribution in [0.15, 0.2) is 51.5 Å². The van der Waals surface area contributed by atoms with Crippen molar-refractivity contribution in [2.45, 2.75) is 6.42 Å². The van der Waals surface area contributed by atoms with Crippen LogP contribution in [0.4, 0.5) is 5.82 Å². The van der Waals surface area contributed by atoms with Crippen molar-refractivity contribution >= 4 is 38.6 Å². The van der Waals surface area contributed by atoms with Gasteiger partial charge in [-0.3, -0.25) is 4.79 Å². The number of halogens is 1. The SMILES string of the molecule is Nc1noc2cc(CCNC(=O)c3ccc(Br)cc3)ccc12. The molecule has 3 rings (SSSR count). The number of nitrogen functional groups attached to an aromatic ring is 1. The third-order valence-corrected chi connectivity index (χ3v) is 3.90. The molecule has 2 aromatic carbocycles. The zero-order chi connectivity index (χ0) is 15.5. The van der Waals surface area contributed by atoms with Gasteiger partial charge in [0.1, 0.15) is 0 Å². The largest absolute Gasteiger partial charge is 0.380 e. The van der Waals surface area contributed by atoms with Gasteiger partial charge in [-0.2, -0.15) is 0 Å². The van der Waals surface area contributed by atoms with E-state index in [1.165, 1.54) is 0 Å². The van der Waals surface area contributed by atoms with Crippen molar-refractivity contribution in [2.24, 2.45) is 0 Å². The molecule has 0 bridgehead atoms. The van der Waals surface area contributed by atoms with Gasteiger partial charge in [-0.05, 0) is 48.4 Å². The summed E-state index contributed by atoms with van der Waals surface area (Å²) in [5, 5.41) is 7.42. The number of hydrogen-bond donors (Lipinski definition) is 2. The van der Waals surface area contributed by atoms with Crippen LogP contribution in [0.3, 0.4) is 0 Å². The van der Waals surface area contributed by atoms with Crippen LogP contribution < -0.4 is 11.1 Å². The molecule has 6 heteroatoms. The van der Waals surface area contributed by atoms with E-state index in [9.17, 15) is 4.79 Å². The lowest BCUT2D eigenvalue weighted by molar-refractivity contribution is 0.0954. The van der Waals surface area contributed by atoms with E-state index in [4.69, 9.17) is 10.3 Å². The lowest BCUT2D eigenvalue weighted by Crippen LogP contribution is -2.25. The van der Waals surface area contributed by atoms with Crippen LogP contribution in [0, 0.1) is 0 Å². The van der Waals surface area contributed by atoms with E-state index >= 15 is 0 Å². The molecule has 0 fully saturated rings. The number of rotatable bonds is 4. The number of amides is 1. The molecular formula is C16H14BrN3O2. The molecule has 0 aliphatic heterocycles. The van der Waals surface area contributed by atoms with Crippen molar-refractivity contribution in [1.29, 1.82) is 0 Å². The summed E-state index contributed by atoms with van der Waals surface area (Å²) in [6.45, 7) is 0.546. The third kappa shape index (κ3) is 3.12. The summed E-state index contributed by atoms with van der Waals surface area (Å²) < 4.78 is 6.08. The molecule has 0 spiro atoms. The zero-order valence-electron chi connectivity index (χ0n) is 11.7. The maximum absolute atomic E-state index is 12.0. The second kappa shape index (κ2) is 6.19. The van der Waals surface area contributed by atoms with Gasteiger partial charge in [0.15, 0.2) is 11.4 Å². The molecule has 0 aliphatic carbocycles. The van der Waals surface area contributed by atoms with Crippen LogP contribution in [-0.4, -0.2) is 17.6 Å². The topological polar surface area (TPSA) is 81.2 Å². The average molecular weight is 360 g/mol. The van der Waals surface area contributed by atoms with E-state index in [1.54, 1.807) is 12.1 Å². The van der Waals surface area contributed by atoms with Crippen LogP contribution >= 0.6 is 15.9 Å². The summed E-state index contributed by atoms with van der Waals surface area (Å²) in [5.74, 6) is 0.308. The fourth-order valence-corrected chi connectivity index (χ4v) is 2.44. The Hall–Kier alpha value is -2.34. The highest BCUT2D eigenvalue weighted by Gasteiger charge is 2.07. The van der Waals surface area contributed by atoms with Gasteiger partial charge in [0.25, 0.3) is 5.91 Å². The van der Waals surface area contributed by atoms with Gasteiger partial charge in [-0.1, -0.05) is 27.2 Å². The fraction of sp³-hybridized carbons (Fsp3) is 0.125. The van der Waals surface area contributed by atoms with E-state index < -0.39 is 0 Å². The molecule has 3 aromatic rings. The molecule has 0 aliphatic rings. The van der Waals surface area contributed by atoms with Crippen molar-refractivity contribution < 1.29 is 9.32 Å². The molecule has 0 radical (unpaired) electrons. The van der Waals surface area contributed by atoms with Crippen molar-refractivity contribution in [3.05, 3.63) is 58.1 Å². The van der Waals surface area contributed by atoms with Crippen LogP contribution in [0.1, 0.15) is 15.9 Å². The van der Waals surface area contributed by atoms with Crippen molar-refractivity contribution in [1.82, 2.24) is 10.5 Å². The van der Waals surface area contributed by atoms with Crippen molar-refractivity contribution in [3.63, 3.8) is 0 Å². The van der Waals surface area contributed by atoms with E-state index in [0.29, 0.717) is 29.9 Å². The van der Waals surface area contributed by atoms with E-state index in [1.807, 2.05) is 30.3 Å². The molecule has 112 valence electrons. The molecule has 0 atom stereocenters. The lowest BCUT2D eigenvalue weighted by Gasteiger charge is -2.05. The van der Waals surface area contributed by atoms with Gasteiger partial charge in [0, 0.05) is 16.6 Å². The molecule has 1 heterocycles. The van der Waals surface area contributed by atoms with E-state index in [-0.39, 0.29) is 5.91 Å². The first-order valence-electron chi connectivity index (χ1n) is 6.81. The van der Waals surface area contributed by atoms with Crippen molar-refractivity contribution in [2.75, 3.05) is 12.3 Å². The van der Waals surface area contributed by atoms with Crippen LogP contribution in [0.2, 0.25) is 0 Å². The van der Waals surface area contributed by atoms with Crippen LogP contribution in [-0.2, 0) is 6.42 Å². The van der Waals surface area contributed by atoms with Gasteiger partial charge in [-0.15, -0.1) is 0 Å². The fourth-order valence-electron chi connectivity index (χ4n) is 2.18. The quantitative estimate of drug-likeness (QED) is 0.749. The second-order valence-corrected chi connectivity index (χ2v) is 5.83. The first kappa shape index (κ1) is 14.6. The summed E-state index contributed by atoms with van der Waals surface area (Å²) in [4.78, 5) is 12.0. The number of carbonyl (C=O) groups excluding carboxylic acids is 1. The highest BCUT2D eigenvalue weighted by atomic mass is 79.9. The second-order valence-electron chi connectivity index (χ2n) is 4.91. The first-order valence-corrected chi connectivity index (χ1v) is 7.60. The number of nitrogens with one attached hydrogen (secondary N) is 1. The molecule has 0 unspecified atom stereocenters. The molecule has 22 heavy (non-hydrogen) atoms. The Kier molecular flexibility index (Phi) is 4.11. The zero-order valence-corrected chi connectivity index (χ0v) is 13.3. The minimum absolute atomic E-state index is 0.0857. The Balaban J connectivity index is 1.59. The monoisotopic (exact) mass is 359 g/mol. The van der Waals surface area contributed by atoms with Gasteiger partial charge in [-0.25, -0.2) is 0 Å².